The molecule has 19 heavy (non-hydrogen) atoms. The highest BCUT2D eigenvalue weighted by Crippen LogP contribution is 2.27. The molecule has 0 aromatic carbocycles. The third-order valence-electron chi connectivity index (χ3n) is 3.92. The third-order valence-corrected chi connectivity index (χ3v) is 3.92. The lowest BCUT2D eigenvalue weighted by Gasteiger charge is -2.35. The Kier molecular flexibility index (Phi) is 3.45. The minimum atomic E-state index is 0.331. The van der Waals surface area contributed by atoms with Crippen LogP contribution >= 0.6 is 0 Å². The molecule has 2 N–H and O–H groups in total. The Morgan fingerprint density at radius 1 is 1.21 bits per heavy atom. The van der Waals surface area contributed by atoms with Crippen LogP contribution in [0.2, 0.25) is 0 Å². The van der Waals surface area contributed by atoms with Gasteiger partial charge in [0.1, 0.15) is 5.82 Å². The van der Waals surface area contributed by atoms with Crippen LogP contribution in [0, 0.1) is 0 Å². The molecule has 0 aliphatic carbocycles. The van der Waals surface area contributed by atoms with Crippen molar-refractivity contribution in [3.05, 3.63) is 5.82 Å². The summed E-state index contributed by atoms with van der Waals surface area (Å²) in [5.74, 6) is 2.17. The molecule has 4 atom stereocenters. The fourth-order valence-electron chi connectivity index (χ4n) is 3.09. The van der Waals surface area contributed by atoms with E-state index in [9.17, 15) is 0 Å². The lowest BCUT2D eigenvalue weighted by atomic mass is 10.1. The Hall–Kier alpha value is -1.14. The van der Waals surface area contributed by atoms with Crippen LogP contribution in [0.1, 0.15) is 38.9 Å². The Balaban J connectivity index is 1.70. The Morgan fingerprint density at radius 2 is 1.95 bits per heavy atom. The normalized spacial score (nSPS) is 35.8. The molecular weight excluding hydrogens is 242 g/mol. The first kappa shape index (κ1) is 12.9. The summed E-state index contributed by atoms with van der Waals surface area (Å²) in [6.45, 7) is 9.17. The van der Waals surface area contributed by atoms with Crippen molar-refractivity contribution in [2.24, 2.45) is 0 Å². The average Bonchev–Trinajstić information content (AvgIpc) is 2.95. The van der Waals surface area contributed by atoms with Crippen LogP contribution in [0.4, 0.5) is 5.95 Å². The minimum absolute atomic E-state index is 0.331. The maximum Gasteiger partial charge on any atom is 0.244 e. The number of aromatic amines is 1. The van der Waals surface area contributed by atoms with Crippen LogP contribution in [-0.2, 0) is 4.74 Å². The van der Waals surface area contributed by atoms with Crippen molar-refractivity contribution in [3.63, 3.8) is 0 Å². The van der Waals surface area contributed by atoms with Crippen molar-refractivity contribution in [1.82, 2.24) is 20.5 Å². The number of aromatic nitrogens is 3. The van der Waals surface area contributed by atoms with Gasteiger partial charge in [0, 0.05) is 31.1 Å². The zero-order chi connectivity index (χ0) is 13.4. The lowest BCUT2D eigenvalue weighted by molar-refractivity contribution is 0.123. The quantitative estimate of drug-likeness (QED) is 0.831. The van der Waals surface area contributed by atoms with Crippen LogP contribution in [-0.4, -0.2) is 53.1 Å². The molecule has 106 valence electrons. The van der Waals surface area contributed by atoms with Gasteiger partial charge in [-0.25, -0.2) is 0 Å². The number of anilines is 1. The highest BCUT2D eigenvalue weighted by atomic mass is 16.5. The molecule has 1 aromatic rings. The second-order valence-corrected chi connectivity index (χ2v) is 5.97. The molecule has 2 saturated heterocycles. The first-order valence-corrected chi connectivity index (χ1v) is 7.16. The Labute approximate surface area is 113 Å². The van der Waals surface area contributed by atoms with Gasteiger partial charge in [-0.1, -0.05) is 0 Å². The molecule has 0 saturated carbocycles. The molecule has 0 spiro atoms. The van der Waals surface area contributed by atoms with E-state index in [4.69, 9.17) is 4.74 Å². The fraction of sp³-hybridized carbons (Fsp3) is 0.846. The number of hydrogen-bond donors (Lipinski definition) is 2. The van der Waals surface area contributed by atoms with Gasteiger partial charge in [0.2, 0.25) is 5.95 Å². The van der Waals surface area contributed by atoms with Crippen molar-refractivity contribution in [1.29, 1.82) is 0 Å². The average molecular weight is 265 g/mol. The zero-order valence-corrected chi connectivity index (χ0v) is 11.9. The van der Waals surface area contributed by atoms with Gasteiger partial charge in [-0.15, -0.1) is 5.10 Å². The molecule has 2 aliphatic heterocycles. The predicted octanol–water partition coefficient (Wildman–Crippen LogP) is 0.884. The van der Waals surface area contributed by atoms with Gasteiger partial charge in [-0.3, -0.25) is 5.10 Å². The molecule has 2 fully saturated rings. The van der Waals surface area contributed by atoms with E-state index < -0.39 is 0 Å². The van der Waals surface area contributed by atoms with Crippen molar-refractivity contribution >= 4 is 5.95 Å². The number of nitrogens with zero attached hydrogens (tertiary/aromatic N) is 3. The van der Waals surface area contributed by atoms with Crippen molar-refractivity contribution in [2.75, 3.05) is 24.6 Å². The lowest BCUT2D eigenvalue weighted by Crippen LogP contribution is -2.54. The first-order valence-electron chi connectivity index (χ1n) is 7.16. The van der Waals surface area contributed by atoms with Crippen molar-refractivity contribution < 1.29 is 4.74 Å². The van der Waals surface area contributed by atoms with E-state index in [0.29, 0.717) is 24.1 Å². The summed E-state index contributed by atoms with van der Waals surface area (Å²) < 4.78 is 5.60. The summed E-state index contributed by atoms with van der Waals surface area (Å²) in [7, 11) is 0. The molecule has 4 unspecified atom stereocenters. The maximum absolute atomic E-state index is 5.60. The number of ether oxygens (including phenoxy) is 1. The molecule has 6 nitrogen and oxygen atoms in total. The monoisotopic (exact) mass is 265 g/mol. The van der Waals surface area contributed by atoms with E-state index in [1.807, 2.05) is 0 Å². The molecule has 2 aliphatic rings. The number of hydrogen-bond acceptors (Lipinski definition) is 5. The summed E-state index contributed by atoms with van der Waals surface area (Å²) in [4.78, 5) is 6.93. The van der Waals surface area contributed by atoms with Gasteiger partial charge in [-0.05, 0) is 27.2 Å². The van der Waals surface area contributed by atoms with Crippen LogP contribution in [0.15, 0.2) is 0 Å². The third kappa shape index (κ3) is 2.74. The van der Waals surface area contributed by atoms with Crippen LogP contribution in [0.25, 0.3) is 0 Å². The molecule has 6 heteroatoms. The smallest absolute Gasteiger partial charge is 0.244 e. The van der Waals surface area contributed by atoms with E-state index in [1.54, 1.807) is 0 Å². The predicted molar refractivity (Wildman–Crippen MR) is 73.4 cm³/mol. The topological polar surface area (TPSA) is 66.1 Å². The molecule has 3 rings (SSSR count). The SMILES string of the molecule is CC1CN(c2n[nH]c(C3COC(C)C3)n2)CC(C)N1. The highest BCUT2D eigenvalue weighted by Gasteiger charge is 2.28. The molecule has 3 heterocycles. The molecule has 0 amide bonds. The van der Waals surface area contributed by atoms with E-state index in [0.717, 1.165) is 37.9 Å². The molecule has 0 bridgehead atoms. The summed E-state index contributed by atoms with van der Waals surface area (Å²) >= 11 is 0. The Morgan fingerprint density at radius 3 is 2.58 bits per heavy atom. The number of rotatable bonds is 2. The van der Waals surface area contributed by atoms with Crippen LogP contribution in [0.5, 0.6) is 0 Å². The summed E-state index contributed by atoms with van der Waals surface area (Å²) in [6, 6.07) is 0.945. The number of piperazine rings is 1. The largest absolute Gasteiger partial charge is 0.378 e. The van der Waals surface area contributed by atoms with Crippen LogP contribution < -0.4 is 10.2 Å². The Bertz CT molecular complexity index is 424. The van der Waals surface area contributed by atoms with E-state index in [2.05, 4.69) is 46.2 Å². The van der Waals surface area contributed by atoms with Crippen molar-refractivity contribution in [3.8, 4) is 0 Å². The van der Waals surface area contributed by atoms with Crippen molar-refractivity contribution in [2.45, 2.75) is 51.3 Å². The van der Waals surface area contributed by atoms with Gasteiger partial charge >= 0.3 is 0 Å². The van der Waals surface area contributed by atoms with Gasteiger partial charge in [0.15, 0.2) is 0 Å². The molecular formula is C13H23N5O. The van der Waals surface area contributed by atoms with E-state index in [-0.39, 0.29) is 0 Å². The molecule has 0 radical (unpaired) electrons. The maximum atomic E-state index is 5.60. The molecule has 1 aromatic heterocycles. The summed E-state index contributed by atoms with van der Waals surface area (Å²) in [5, 5.41) is 11.0. The van der Waals surface area contributed by atoms with Gasteiger partial charge in [0.05, 0.1) is 12.7 Å². The minimum Gasteiger partial charge on any atom is -0.378 e. The van der Waals surface area contributed by atoms with Crippen LogP contribution in [0.3, 0.4) is 0 Å². The zero-order valence-electron chi connectivity index (χ0n) is 11.9. The van der Waals surface area contributed by atoms with Gasteiger partial charge < -0.3 is 15.0 Å². The van der Waals surface area contributed by atoms with E-state index in [1.165, 1.54) is 0 Å². The van der Waals surface area contributed by atoms with Gasteiger partial charge in [-0.2, -0.15) is 4.98 Å². The first-order chi connectivity index (χ1) is 9.11. The number of H-pyrrole nitrogens is 1. The second-order valence-electron chi connectivity index (χ2n) is 5.97. The number of nitrogens with one attached hydrogen (secondary N) is 2. The van der Waals surface area contributed by atoms with Gasteiger partial charge in [0.25, 0.3) is 0 Å². The fourth-order valence-corrected chi connectivity index (χ4v) is 3.09. The standard InChI is InChI=1S/C13H23N5O/c1-8-5-18(6-9(2)14-8)13-15-12(16-17-13)11-4-10(3)19-7-11/h8-11,14H,4-7H2,1-3H3,(H,15,16,17). The second kappa shape index (κ2) is 5.09. The summed E-state index contributed by atoms with van der Waals surface area (Å²) in [5.41, 5.74) is 0. The summed E-state index contributed by atoms with van der Waals surface area (Å²) in [6.07, 6.45) is 1.36. The highest BCUT2D eigenvalue weighted by molar-refractivity contribution is 5.31. The van der Waals surface area contributed by atoms with E-state index >= 15 is 0 Å².